The van der Waals surface area contributed by atoms with Crippen LogP contribution < -0.4 is 0 Å². The Bertz CT molecular complexity index is 1400. The first kappa shape index (κ1) is 28.4. The summed E-state index contributed by atoms with van der Waals surface area (Å²) in [4.78, 5) is 71.2. The Morgan fingerprint density at radius 2 is 1.87 bits per heavy atom. The molecule has 2 aromatic rings. The van der Waals surface area contributed by atoms with Crippen molar-refractivity contribution in [1.29, 1.82) is 0 Å². The molecule has 13 heteroatoms. The highest BCUT2D eigenvalue weighted by Gasteiger charge is 2.60. The molecule has 4 rings (SSSR count). The standard InChI is InChI=1S/C26H32N4O8S/c1-12-17(15-9-29-10-27-19(23(29)39-15)14(32)8-16(33)28(6)7)21(30-20(12)18(13(2)31)22(30)34)24(35)37-11-38-25(36)26(3,4)5/h9-10,12-13,18,20,31H,8,11H2,1-7H3/t12-,13+,18+,20+/m0/s1. The Kier molecular flexibility index (Phi) is 7.43. The average molecular weight is 561 g/mol. The lowest BCUT2D eigenvalue weighted by atomic mass is 9.77. The molecule has 39 heavy (non-hydrogen) atoms. The third kappa shape index (κ3) is 4.96. The topological polar surface area (TPSA) is 148 Å². The van der Waals surface area contributed by atoms with E-state index in [2.05, 4.69) is 4.98 Å². The summed E-state index contributed by atoms with van der Waals surface area (Å²) < 4.78 is 12.0. The van der Waals surface area contributed by atoms with Crippen molar-refractivity contribution in [2.75, 3.05) is 20.9 Å². The van der Waals surface area contributed by atoms with Crippen LogP contribution in [-0.4, -0.2) is 86.9 Å². The second-order valence-electron chi connectivity index (χ2n) is 11.0. The molecule has 1 N–H and O–H groups in total. The molecule has 0 unspecified atom stereocenters. The highest BCUT2D eigenvalue weighted by atomic mass is 32.1. The van der Waals surface area contributed by atoms with Crippen LogP contribution in [0.5, 0.6) is 0 Å². The van der Waals surface area contributed by atoms with E-state index in [0.29, 0.717) is 15.3 Å². The minimum Gasteiger partial charge on any atom is -0.427 e. The van der Waals surface area contributed by atoms with Crippen LogP contribution in [0.15, 0.2) is 18.2 Å². The van der Waals surface area contributed by atoms with Crippen LogP contribution >= 0.6 is 11.3 Å². The van der Waals surface area contributed by atoms with Gasteiger partial charge in [0, 0.05) is 31.8 Å². The number of esters is 2. The van der Waals surface area contributed by atoms with E-state index in [4.69, 9.17) is 9.47 Å². The Morgan fingerprint density at radius 3 is 2.46 bits per heavy atom. The number of rotatable bonds is 8. The number of hydrogen-bond acceptors (Lipinski definition) is 10. The maximum atomic E-state index is 13.3. The minimum absolute atomic E-state index is 0.00864. The highest BCUT2D eigenvalue weighted by Crippen LogP contribution is 2.51. The molecular weight excluding hydrogens is 528 g/mol. The monoisotopic (exact) mass is 560 g/mol. The number of carbonyl (C=O) groups excluding carboxylic acids is 5. The van der Waals surface area contributed by atoms with Crippen molar-refractivity contribution >= 4 is 51.3 Å². The lowest BCUT2D eigenvalue weighted by Crippen LogP contribution is -2.63. The third-order valence-corrected chi connectivity index (χ3v) is 8.05. The number of fused-ring (bicyclic) bond motifs is 2. The summed E-state index contributed by atoms with van der Waals surface area (Å²) in [5.74, 6) is -3.64. The number of thiazole rings is 1. The molecule has 4 heterocycles. The van der Waals surface area contributed by atoms with E-state index >= 15 is 0 Å². The predicted octanol–water partition coefficient (Wildman–Crippen LogP) is 1.72. The molecule has 2 aromatic heterocycles. The summed E-state index contributed by atoms with van der Waals surface area (Å²) in [5.41, 5.74) is -0.137. The third-order valence-electron chi connectivity index (χ3n) is 6.91. The van der Waals surface area contributed by atoms with Gasteiger partial charge in [0.1, 0.15) is 22.5 Å². The zero-order valence-corrected chi connectivity index (χ0v) is 23.7. The van der Waals surface area contributed by atoms with E-state index in [-0.39, 0.29) is 29.6 Å². The van der Waals surface area contributed by atoms with Gasteiger partial charge in [-0.1, -0.05) is 6.92 Å². The largest absolute Gasteiger partial charge is 0.427 e. The van der Waals surface area contributed by atoms with E-state index in [1.807, 2.05) is 6.92 Å². The van der Waals surface area contributed by atoms with Crippen molar-refractivity contribution in [3.63, 3.8) is 0 Å². The molecule has 1 saturated heterocycles. The van der Waals surface area contributed by atoms with Crippen molar-refractivity contribution in [1.82, 2.24) is 19.2 Å². The number of Topliss-reactive ketones (excluding diaryl/α,β-unsaturated/α-hetero) is 1. The van der Waals surface area contributed by atoms with Gasteiger partial charge in [-0.05, 0) is 27.7 Å². The lowest BCUT2D eigenvalue weighted by Gasteiger charge is -2.46. The van der Waals surface area contributed by atoms with Crippen molar-refractivity contribution in [3.8, 4) is 0 Å². The number of carbonyl (C=O) groups is 5. The van der Waals surface area contributed by atoms with Crippen LogP contribution in [0.1, 0.15) is 56.4 Å². The molecule has 0 aliphatic carbocycles. The second kappa shape index (κ2) is 10.2. The first-order chi connectivity index (χ1) is 18.1. The number of nitrogens with zero attached hydrogens (tertiary/aromatic N) is 4. The summed E-state index contributed by atoms with van der Waals surface area (Å²) in [7, 11) is 3.12. The van der Waals surface area contributed by atoms with Crippen molar-refractivity contribution in [2.24, 2.45) is 17.3 Å². The van der Waals surface area contributed by atoms with Gasteiger partial charge in [-0.25, -0.2) is 9.78 Å². The zero-order chi connectivity index (χ0) is 29.0. The molecular formula is C26H32N4O8S. The van der Waals surface area contributed by atoms with Crippen LogP contribution in [0, 0.1) is 17.3 Å². The van der Waals surface area contributed by atoms with Gasteiger partial charge < -0.3 is 24.4 Å². The molecule has 0 aromatic carbocycles. The van der Waals surface area contributed by atoms with Gasteiger partial charge in [-0.15, -0.1) is 11.3 Å². The van der Waals surface area contributed by atoms with Gasteiger partial charge in [-0.3, -0.25) is 23.6 Å². The second-order valence-corrected chi connectivity index (χ2v) is 12.1. The van der Waals surface area contributed by atoms with Gasteiger partial charge in [0.25, 0.3) is 0 Å². The fraction of sp³-hybridized carbons (Fsp3) is 0.538. The molecule has 0 radical (unpaired) electrons. The number of ketones is 1. The molecule has 4 atom stereocenters. The Hall–Kier alpha value is -3.58. The van der Waals surface area contributed by atoms with Gasteiger partial charge in [0.05, 0.1) is 34.8 Å². The number of aromatic nitrogens is 2. The van der Waals surface area contributed by atoms with Gasteiger partial charge in [-0.2, -0.15) is 0 Å². The van der Waals surface area contributed by atoms with E-state index in [1.165, 1.54) is 34.4 Å². The number of aliphatic hydroxyl groups excluding tert-OH is 1. The van der Waals surface area contributed by atoms with Crippen LogP contribution in [0.2, 0.25) is 0 Å². The Morgan fingerprint density at radius 1 is 1.21 bits per heavy atom. The summed E-state index contributed by atoms with van der Waals surface area (Å²) in [6.07, 6.45) is 1.89. The molecule has 12 nitrogen and oxygen atoms in total. The number of β-lactam (4-membered cyclic amide) rings is 1. The van der Waals surface area contributed by atoms with Crippen LogP contribution in [0.4, 0.5) is 0 Å². The number of hydrogen-bond donors (Lipinski definition) is 1. The fourth-order valence-electron chi connectivity index (χ4n) is 4.80. The normalized spacial score (nSPS) is 21.5. The number of imidazole rings is 1. The van der Waals surface area contributed by atoms with Gasteiger partial charge in [0.2, 0.25) is 18.6 Å². The van der Waals surface area contributed by atoms with E-state index < -0.39 is 53.9 Å². The number of ether oxygens (including phenoxy) is 2. The summed E-state index contributed by atoms with van der Waals surface area (Å²) >= 11 is 1.19. The van der Waals surface area contributed by atoms with Crippen LogP contribution in [-0.2, 0) is 28.7 Å². The molecule has 0 bridgehead atoms. The molecule has 2 aliphatic rings. The highest BCUT2D eigenvalue weighted by molar-refractivity contribution is 7.18. The zero-order valence-electron chi connectivity index (χ0n) is 22.9. The van der Waals surface area contributed by atoms with Crippen molar-refractivity contribution in [3.05, 3.63) is 28.8 Å². The minimum atomic E-state index is -0.924. The molecule has 1 fully saturated rings. The fourth-order valence-corrected chi connectivity index (χ4v) is 6.03. The lowest BCUT2D eigenvalue weighted by molar-refractivity contribution is -0.175. The molecule has 210 valence electrons. The van der Waals surface area contributed by atoms with Gasteiger partial charge in [0.15, 0.2) is 5.78 Å². The van der Waals surface area contributed by atoms with Gasteiger partial charge >= 0.3 is 11.9 Å². The smallest absolute Gasteiger partial charge is 0.358 e. The quantitative estimate of drug-likeness (QED) is 0.167. The van der Waals surface area contributed by atoms with E-state index in [9.17, 15) is 29.1 Å². The first-order valence-corrected chi connectivity index (χ1v) is 13.3. The van der Waals surface area contributed by atoms with Crippen LogP contribution in [0.3, 0.4) is 0 Å². The van der Waals surface area contributed by atoms with Crippen molar-refractivity contribution < 1.29 is 38.6 Å². The van der Waals surface area contributed by atoms with Crippen LogP contribution in [0.25, 0.3) is 10.4 Å². The summed E-state index contributed by atoms with van der Waals surface area (Å²) in [6, 6.07) is -0.467. The summed E-state index contributed by atoms with van der Waals surface area (Å²) in [5, 5.41) is 10.2. The maximum Gasteiger partial charge on any atom is 0.358 e. The first-order valence-electron chi connectivity index (χ1n) is 12.4. The van der Waals surface area contributed by atoms with Crippen molar-refractivity contribution in [2.45, 2.75) is 53.2 Å². The molecule has 2 amide bonds. The molecule has 2 aliphatic heterocycles. The number of aliphatic hydroxyl groups is 1. The molecule has 0 saturated carbocycles. The maximum absolute atomic E-state index is 13.3. The SMILES string of the molecule is C[C@@H](O)[C@H]1C(=O)N2C(C(=O)OCOC(=O)C(C)(C)C)=C(c3cn4cnc(C(=O)CC(=O)N(C)C)c4s3)[C@H](C)[C@H]12. The van der Waals surface area contributed by atoms with E-state index in [0.717, 1.165) is 0 Å². The average Bonchev–Trinajstić information content (AvgIpc) is 3.47. The number of amides is 2. The molecule has 0 spiro atoms. The predicted molar refractivity (Wildman–Crippen MR) is 139 cm³/mol. The Labute approximate surface area is 229 Å². The summed E-state index contributed by atoms with van der Waals surface area (Å²) in [6.45, 7) is 7.76. The Balaban J connectivity index is 1.69. The van der Waals surface area contributed by atoms with E-state index in [1.54, 1.807) is 45.5 Å².